The number of aliphatic imine (C=N–C) groups is 1. The summed E-state index contributed by atoms with van der Waals surface area (Å²) in [5, 5.41) is 8.68. The molecular formula is C8H12N4. The van der Waals surface area contributed by atoms with Gasteiger partial charge >= 0.3 is 0 Å². The fourth-order valence-corrected chi connectivity index (χ4v) is 0.634. The van der Waals surface area contributed by atoms with Crippen molar-refractivity contribution in [2.45, 2.75) is 0 Å². The Bertz CT molecular complexity index is 183. The van der Waals surface area contributed by atoms with Gasteiger partial charge in [0.2, 0.25) is 0 Å². The summed E-state index contributed by atoms with van der Waals surface area (Å²) < 4.78 is 0. The van der Waals surface area contributed by atoms with Crippen molar-refractivity contribution in [3.63, 3.8) is 0 Å². The van der Waals surface area contributed by atoms with Gasteiger partial charge in [-0.05, 0) is 0 Å². The van der Waals surface area contributed by atoms with Crippen LogP contribution in [0.4, 0.5) is 0 Å². The summed E-state index contributed by atoms with van der Waals surface area (Å²) in [5.41, 5.74) is 0. The van der Waals surface area contributed by atoms with Gasteiger partial charge in [-0.2, -0.15) is 0 Å². The van der Waals surface area contributed by atoms with E-state index in [0.29, 0.717) is 0 Å². The quantitative estimate of drug-likeness (QED) is 0.481. The summed E-state index contributed by atoms with van der Waals surface area (Å²) in [6.45, 7) is 0.872. The molecule has 0 fully saturated rings. The van der Waals surface area contributed by atoms with Gasteiger partial charge in [-0.3, -0.25) is 4.99 Å². The van der Waals surface area contributed by atoms with Gasteiger partial charge < -0.3 is 16.0 Å². The molecule has 0 aromatic carbocycles. The molecule has 0 spiro atoms. The molecule has 4 heteroatoms. The van der Waals surface area contributed by atoms with Crippen molar-refractivity contribution in [2.24, 2.45) is 4.99 Å². The summed E-state index contributed by atoms with van der Waals surface area (Å²) in [6, 6.07) is 0. The van der Waals surface area contributed by atoms with Gasteiger partial charge in [0.1, 0.15) is 0 Å². The Hall–Kier alpha value is -1.71. The van der Waals surface area contributed by atoms with E-state index in [1.54, 1.807) is 6.20 Å². The van der Waals surface area contributed by atoms with Crippen LogP contribution in [0.5, 0.6) is 0 Å². The second-order valence-corrected chi connectivity index (χ2v) is 2.06. The fraction of sp³-hybridized carbons (Fsp3) is 0.125. The molecule has 0 aromatic rings. The van der Waals surface area contributed by atoms with Crippen LogP contribution < -0.4 is 16.0 Å². The van der Waals surface area contributed by atoms with Crippen molar-refractivity contribution in [1.82, 2.24) is 16.0 Å². The normalized spacial score (nSPS) is 16.7. The summed E-state index contributed by atoms with van der Waals surface area (Å²) in [6.07, 6.45) is 12.6. The van der Waals surface area contributed by atoms with E-state index in [2.05, 4.69) is 20.9 Å². The monoisotopic (exact) mass is 164 g/mol. The molecule has 0 radical (unpaired) electrons. The zero-order valence-corrected chi connectivity index (χ0v) is 6.70. The Morgan fingerprint density at radius 2 is 1.58 bits per heavy atom. The van der Waals surface area contributed by atoms with Crippen LogP contribution in [0, 0.1) is 0 Å². The van der Waals surface area contributed by atoms with Gasteiger partial charge in [0, 0.05) is 50.0 Å². The Kier molecular flexibility index (Phi) is 4.21. The molecule has 0 amide bonds. The molecule has 4 nitrogen and oxygen atoms in total. The molecule has 0 saturated heterocycles. The number of nitrogens with one attached hydrogen (secondary N) is 3. The first-order chi connectivity index (χ1) is 6.00. The topological polar surface area (TPSA) is 48.4 Å². The average Bonchev–Trinajstić information content (AvgIpc) is 2.24. The molecule has 2 aliphatic rings. The lowest BCUT2D eigenvalue weighted by molar-refractivity contribution is 1.01. The molecule has 0 saturated carbocycles. The zero-order chi connectivity index (χ0) is 8.49. The highest BCUT2D eigenvalue weighted by Gasteiger charge is 1.74. The Morgan fingerprint density at radius 3 is 1.75 bits per heavy atom. The van der Waals surface area contributed by atoms with E-state index < -0.39 is 0 Å². The van der Waals surface area contributed by atoms with Gasteiger partial charge in [0.25, 0.3) is 0 Å². The van der Waals surface area contributed by atoms with Crippen LogP contribution in [0.3, 0.4) is 0 Å². The third-order valence-corrected chi connectivity index (χ3v) is 1.14. The van der Waals surface area contributed by atoms with Crippen molar-refractivity contribution in [3.8, 4) is 0 Å². The van der Waals surface area contributed by atoms with E-state index >= 15 is 0 Å². The first-order valence-electron chi connectivity index (χ1n) is 3.72. The maximum absolute atomic E-state index is 3.81. The summed E-state index contributed by atoms with van der Waals surface area (Å²) >= 11 is 0. The van der Waals surface area contributed by atoms with Crippen molar-refractivity contribution in [3.05, 3.63) is 37.2 Å². The summed E-state index contributed by atoms with van der Waals surface area (Å²) in [4.78, 5) is 3.81. The van der Waals surface area contributed by atoms with Gasteiger partial charge in [-0.25, -0.2) is 0 Å². The van der Waals surface area contributed by atoms with Crippen molar-refractivity contribution < 1.29 is 0 Å². The highest BCUT2D eigenvalue weighted by molar-refractivity contribution is 5.61. The SMILES string of the molecule is C1=CNC=CN1.C1=CNCC=N1. The van der Waals surface area contributed by atoms with E-state index in [1.807, 2.05) is 37.2 Å². The van der Waals surface area contributed by atoms with Crippen LogP contribution in [0.1, 0.15) is 0 Å². The first kappa shape index (κ1) is 8.39. The molecule has 0 unspecified atom stereocenters. The van der Waals surface area contributed by atoms with Crippen molar-refractivity contribution in [1.29, 1.82) is 0 Å². The van der Waals surface area contributed by atoms with Crippen LogP contribution in [0.15, 0.2) is 42.2 Å². The Labute approximate surface area is 71.8 Å². The van der Waals surface area contributed by atoms with E-state index in [1.165, 1.54) is 0 Å². The minimum Gasteiger partial charge on any atom is -0.385 e. The lowest BCUT2D eigenvalue weighted by atomic mass is 10.6. The number of hydrogen-bond acceptors (Lipinski definition) is 4. The summed E-state index contributed by atoms with van der Waals surface area (Å²) in [5.74, 6) is 0. The highest BCUT2D eigenvalue weighted by Crippen LogP contribution is 1.73. The molecule has 3 N–H and O–H groups in total. The fourth-order valence-electron chi connectivity index (χ4n) is 0.634. The lowest BCUT2D eigenvalue weighted by Crippen LogP contribution is -2.09. The standard InChI is InChI=1S/2C4H6N2/c2*1-2-6-4-3-5-1/h1-3,6H,4H2;1-6H. The van der Waals surface area contributed by atoms with Crippen molar-refractivity contribution >= 4 is 6.21 Å². The van der Waals surface area contributed by atoms with Crippen LogP contribution in [-0.2, 0) is 0 Å². The smallest absolute Gasteiger partial charge is 0.0498 e. The molecule has 2 rings (SSSR count). The minimum atomic E-state index is 0.872. The van der Waals surface area contributed by atoms with Gasteiger partial charge in [-0.1, -0.05) is 0 Å². The van der Waals surface area contributed by atoms with Gasteiger partial charge in [0.15, 0.2) is 0 Å². The predicted molar refractivity (Wildman–Crippen MR) is 50.2 cm³/mol. The number of hydrogen-bond donors (Lipinski definition) is 3. The maximum atomic E-state index is 3.81. The number of nitrogens with zero attached hydrogens (tertiary/aromatic N) is 1. The van der Waals surface area contributed by atoms with E-state index in [0.717, 1.165) is 6.54 Å². The summed E-state index contributed by atoms with van der Waals surface area (Å²) in [7, 11) is 0. The molecule has 0 aliphatic carbocycles. The second kappa shape index (κ2) is 6.03. The lowest BCUT2D eigenvalue weighted by Gasteiger charge is -1.95. The van der Waals surface area contributed by atoms with Crippen LogP contribution in [-0.4, -0.2) is 12.8 Å². The molecule has 0 bridgehead atoms. The largest absolute Gasteiger partial charge is 0.385 e. The highest BCUT2D eigenvalue weighted by atomic mass is 14.9. The maximum Gasteiger partial charge on any atom is 0.0498 e. The van der Waals surface area contributed by atoms with Crippen molar-refractivity contribution in [2.75, 3.05) is 6.54 Å². The Balaban J connectivity index is 0.000000120. The van der Waals surface area contributed by atoms with E-state index in [-0.39, 0.29) is 0 Å². The zero-order valence-electron chi connectivity index (χ0n) is 6.70. The average molecular weight is 164 g/mol. The first-order valence-corrected chi connectivity index (χ1v) is 3.72. The van der Waals surface area contributed by atoms with E-state index in [4.69, 9.17) is 0 Å². The minimum absolute atomic E-state index is 0.872. The second-order valence-electron chi connectivity index (χ2n) is 2.06. The van der Waals surface area contributed by atoms with Crippen LogP contribution in [0.25, 0.3) is 0 Å². The molecule has 2 heterocycles. The Morgan fingerprint density at radius 1 is 0.917 bits per heavy atom. The molecule has 12 heavy (non-hydrogen) atoms. The molecule has 64 valence electrons. The van der Waals surface area contributed by atoms with E-state index in [9.17, 15) is 0 Å². The molecule has 0 atom stereocenters. The van der Waals surface area contributed by atoms with Gasteiger partial charge in [-0.15, -0.1) is 0 Å². The number of rotatable bonds is 0. The van der Waals surface area contributed by atoms with Crippen LogP contribution >= 0.6 is 0 Å². The molecule has 0 aromatic heterocycles. The predicted octanol–water partition coefficient (Wildman–Crippen LogP) is 0.253. The van der Waals surface area contributed by atoms with Crippen LogP contribution in [0.2, 0.25) is 0 Å². The van der Waals surface area contributed by atoms with Gasteiger partial charge in [0.05, 0.1) is 0 Å². The third kappa shape index (κ3) is 4.16. The molecular weight excluding hydrogens is 152 g/mol. The molecule has 2 aliphatic heterocycles. The third-order valence-electron chi connectivity index (χ3n) is 1.14.